The third-order valence-corrected chi connectivity index (χ3v) is 4.93. The smallest absolute Gasteiger partial charge is 0.243 e. The summed E-state index contributed by atoms with van der Waals surface area (Å²) in [6.45, 7) is 1.21. The number of rotatable bonds is 9. The highest BCUT2D eigenvalue weighted by Crippen LogP contribution is 2.20. The number of sulfonamides is 1. The van der Waals surface area contributed by atoms with Crippen molar-refractivity contribution in [1.29, 1.82) is 0 Å². The molecular formula is C13H23N3O4S. The minimum atomic E-state index is -3.54. The number of aliphatic hydroxyl groups excluding tert-OH is 1. The lowest BCUT2D eigenvalue weighted by molar-refractivity contribution is 0.0626. The van der Waals surface area contributed by atoms with E-state index in [1.54, 1.807) is 0 Å². The van der Waals surface area contributed by atoms with Crippen LogP contribution in [0.3, 0.4) is 0 Å². The molecule has 120 valence electrons. The maximum atomic E-state index is 12.0. The summed E-state index contributed by atoms with van der Waals surface area (Å²) in [6.07, 6.45) is 8.16. The van der Waals surface area contributed by atoms with E-state index in [-0.39, 0.29) is 24.2 Å². The summed E-state index contributed by atoms with van der Waals surface area (Å²) < 4.78 is 33.7. The standard InChI is InChI=1S/C13H23N3O4S/c17-8-3-7-16-11-13(10-14-16)21(18,19)15-6-9-20-12-4-1-2-5-12/h10-12,15,17H,1-9H2. The third kappa shape index (κ3) is 5.06. The van der Waals surface area contributed by atoms with Crippen LogP contribution < -0.4 is 4.72 Å². The van der Waals surface area contributed by atoms with E-state index in [1.165, 1.54) is 29.9 Å². The Labute approximate surface area is 125 Å². The van der Waals surface area contributed by atoms with Crippen LogP contribution in [-0.4, -0.2) is 49.2 Å². The molecule has 0 unspecified atom stereocenters. The van der Waals surface area contributed by atoms with E-state index < -0.39 is 10.0 Å². The largest absolute Gasteiger partial charge is 0.396 e. The summed E-state index contributed by atoms with van der Waals surface area (Å²) in [5.74, 6) is 0. The Kier molecular flexibility index (Phi) is 6.16. The summed E-state index contributed by atoms with van der Waals surface area (Å²) >= 11 is 0. The Balaban J connectivity index is 1.76. The van der Waals surface area contributed by atoms with Gasteiger partial charge in [-0.15, -0.1) is 0 Å². The van der Waals surface area contributed by atoms with Gasteiger partial charge >= 0.3 is 0 Å². The quantitative estimate of drug-likeness (QED) is 0.647. The van der Waals surface area contributed by atoms with Crippen LogP contribution in [0.15, 0.2) is 17.3 Å². The molecule has 1 heterocycles. The molecule has 2 rings (SSSR count). The normalized spacial score (nSPS) is 16.6. The summed E-state index contributed by atoms with van der Waals surface area (Å²) in [5.41, 5.74) is 0. The molecule has 2 N–H and O–H groups in total. The van der Waals surface area contributed by atoms with Crippen LogP contribution in [0.25, 0.3) is 0 Å². The number of aliphatic hydroxyl groups is 1. The summed E-state index contributed by atoms with van der Waals surface area (Å²) in [5, 5.41) is 12.7. The van der Waals surface area contributed by atoms with Gasteiger partial charge < -0.3 is 9.84 Å². The van der Waals surface area contributed by atoms with Crippen molar-refractivity contribution in [3.8, 4) is 0 Å². The lowest BCUT2D eigenvalue weighted by atomic mass is 10.3. The number of nitrogens with zero attached hydrogens (tertiary/aromatic N) is 2. The van der Waals surface area contributed by atoms with E-state index >= 15 is 0 Å². The van der Waals surface area contributed by atoms with E-state index in [4.69, 9.17) is 9.84 Å². The van der Waals surface area contributed by atoms with Gasteiger partial charge in [0, 0.05) is 25.9 Å². The first-order chi connectivity index (χ1) is 10.1. The Bertz CT molecular complexity index is 523. The molecule has 1 aliphatic rings. The average Bonchev–Trinajstić information content (AvgIpc) is 3.13. The number of hydrogen-bond acceptors (Lipinski definition) is 5. The van der Waals surface area contributed by atoms with Crippen molar-refractivity contribution in [2.75, 3.05) is 19.8 Å². The Hall–Kier alpha value is -0.960. The second-order valence-electron chi connectivity index (χ2n) is 5.19. The molecule has 1 saturated carbocycles. The van der Waals surface area contributed by atoms with Gasteiger partial charge in [0.05, 0.1) is 18.9 Å². The van der Waals surface area contributed by atoms with Gasteiger partial charge in [-0.2, -0.15) is 5.10 Å². The van der Waals surface area contributed by atoms with Crippen LogP contribution >= 0.6 is 0 Å². The highest BCUT2D eigenvalue weighted by molar-refractivity contribution is 7.89. The fourth-order valence-electron chi connectivity index (χ4n) is 2.38. The van der Waals surface area contributed by atoms with E-state index in [2.05, 4.69) is 9.82 Å². The molecule has 21 heavy (non-hydrogen) atoms. The van der Waals surface area contributed by atoms with Gasteiger partial charge in [0.1, 0.15) is 4.90 Å². The van der Waals surface area contributed by atoms with Crippen LogP contribution in [0.1, 0.15) is 32.1 Å². The van der Waals surface area contributed by atoms with Crippen molar-refractivity contribution in [3.05, 3.63) is 12.4 Å². The number of ether oxygens (including phenoxy) is 1. The topological polar surface area (TPSA) is 93.5 Å². The number of aromatic nitrogens is 2. The zero-order valence-electron chi connectivity index (χ0n) is 12.1. The van der Waals surface area contributed by atoms with Gasteiger partial charge in [-0.05, 0) is 19.3 Å². The Morgan fingerprint density at radius 3 is 2.90 bits per heavy atom. The first-order valence-electron chi connectivity index (χ1n) is 7.36. The molecule has 0 aliphatic heterocycles. The molecule has 7 nitrogen and oxygen atoms in total. The molecule has 8 heteroatoms. The maximum Gasteiger partial charge on any atom is 0.243 e. The highest BCUT2D eigenvalue weighted by atomic mass is 32.2. The van der Waals surface area contributed by atoms with Crippen molar-refractivity contribution in [2.24, 2.45) is 0 Å². The molecule has 0 aromatic carbocycles. The number of nitrogens with one attached hydrogen (secondary N) is 1. The van der Waals surface area contributed by atoms with E-state index in [0.717, 1.165) is 12.8 Å². The molecule has 0 radical (unpaired) electrons. The van der Waals surface area contributed by atoms with Crippen molar-refractivity contribution in [2.45, 2.75) is 49.6 Å². The predicted molar refractivity (Wildman–Crippen MR) is 77.3 cm³/mol. The molecule has 1 aromatic heterocycles. The predicted octanol–water partition coefficient (Wildman–Crippen LogP) is 0.503. The van der Waals surface area contributed by atoms with Gasteiger partial charge in [-0.3, -0.25) is 4.68 Å². The molecule has 1 aromatic rings. The molecule has 1 fully saturated rings. The minimum Gasteiger partial charge on any atom is -0.396 e. The molecular weight excluding hydrogens is 294 g/mol. The van der Waals surface area contributed by atoms with Crippen LogP contribution in [0, 0.1) is 0 Å². The van der Waals surface area contributed by atoms with Gasteiger partial charge in [0.25, 0.3) is 0 Å². The van der Waals surface area contributed by atoms with Gasteiger partial charge in [-0.25, -0.2) is 13.1 Å². The van der Waals surface area contributed by atoms with E-state index in [0.29, 0.717) is 19.6 Å². The summed E-state index contributed by atoms with van der Waals surface area (Å²) in [4.78, 5) is 0.140. The molecule has 1 aliphatic carbocycles. The lowest BCUT2D eigenvalue weighted by Gasteiger charge is -2.11. The first-order valence-corrected chi connectivity index (χ1v) is 8.85. The maximum absolute atomic E-state index is 12.0. The molecule has 0 spiro atoms. The average molecular weight is 317 g/mol. The van der Waals surface area contributed by atoms with Crippen molar-refractivity contribution in [3.63, 3.8) is 0 Å². The second kappa shape index (κ2) is 7.88. The molecule has 0 saturated heterocycles. The second-order valence-corrected chi connectivity index (χ2v) is 6.96. The van der Waals surface area contributed by atoms with Crippen molar-refractivity contribution >= 4 is 10.0 Å². The number of hydrogen-bond donors (Lipinski definition) is 2. The van der Waals surface area contributed by atoms with Crippen LogP contribution in [0.2, 0.25) is 0 Å². The highest BCUT2D eigenvalue weighted by Gasteiger charge is 2.18. The molecule has 0 bridgehead atoms. The van der Waals surface area contributed by atoms with Crippen LogP contribution in [0.4, 0.5) is 0 Å². The first kappa shape index (κ1) is 16.4. The van der Waals surface area contributed by atoms with Gasteiger partial charge in [-0.1, -0.05) is 12.8 Å². The monoisotopic (exact) mass is 317 g/mol. The third-order valence-electron chi connectivity index (χ3n) is 3.52. The van der Waals surface area contributed by atoms with Gasteiger partial charge in [0.15, 0.2) is 0 Å². The minimum absolute atomic E-state index is 0.0543. The SMILES string of the molecule is O=S(=O)(NCCOC1CCCC1)c1cnn(CCCO)c1. The zero-order chi connectivity index (χ0) is 15.1. The lowest BCUT2D eigenvalue weighted by Crippen LogP contribution is -2.28. The Morgan fingerprint density at radius 2 is 2.19 bits per heavy atom. The summed E-state index contributed by atoms with van der Waals surface area (Å²) in [7, 11) is -3.54. The van der Waals surface area contributed by atoms with Crippen LogP contribution in [0.5, 0.6) is 0 Å². The number of aryl methyl sites for hydroxylation is 1. The van der Waals surface area contributed by atoms with Crippen molar-refractivity contribution in [1.82, 2.24) is 14.5 Å². The van der Waals surface area contributed by atoms with Gasteiger partial charge in [0.2, 0.25) is 10.0 Å². The van der Waals surface area contributed by atoms with Crippen LogP contribution in [-0.2, 0) is 21.3 Å². The Morgan fingerprint density at radius 1 is 1.43 bits per heavy atom. The van der Waals surface area contributed by atoms with E-state index in [9.17, 15) is 8.42 Å². The fourth-order valence-corrected chi connectivity index (χ4v) is 3.34. The fraction of sp³-hybridized carbons (Fsp3) is 0.769. The zero-order valence-corrected chi connectivity index (χ0v) is 12.9. The molecule has 0 atom stereocenters. The van der Waals surface area contributed by atoms with E-state index in [1.807, 2.05) is 0 Å². The summed E-state index contributed by atoms with van der Waals surface area (Å²) in [6, 6.07) is 0. The van der Waals surface area contributed by atoms with Crippen molar-refractivity contribution < 1.29 is 18.3 Å². The molecule has 0 amide bonds.